The zero-order valence-electron chi connectivity index (χ0n) is 11.5. The molecule has 1 aromatic rings. The van der Waals surface area contributed by atoms with Gasteiger partial charge in [-0.3, -0.25) is 4.79 Å². The molecule has 20 heavy (non-hydrogen) atoms. The van der Waals surface area contributed by atoms with Crippen molar-refractivity contribution in [2.75, 3.05) is 0 Å². The van der Waals surface area contributed by atoms with E-state index in [9.17, 15) is 4.79 Å². The molecule has 0 radical (unpaired) electrons. The first kappa shape index (κ1) is 12.7. The van der Waals surface area contributed by atoms with Gasteiger partial charge in [0.2, 0.25) is 5.91 Å². The van der Waals surface area contributed by atoms with Crippen molar-refractivity contribution in [3.05, 3.63) is 35.4 Å². The number of fused-ring (bicyclic) bond motifs is 5. The van der Waals surface area contributed by atoms with E-state index in [1.165, 1.54) is 19.3 Å². The van der Waals surface area contributed by atoms with Crippen LogP contribution in [0.3, 0.4) is 0 Å². The number of carbonyl (C=O) groups is 1. The fraction of sp³-hybridized carbons (Fsp3) is 0.588. The molecule has 3 fully saturated rings. The molecule has 2 bridgehead atoms. The Balaban J connectivity index is 1.35. The van der Waals surface area contributed by atoms with Crippen LogP contribution >= 0.6 is 11.6 Å². The van der Waals surface area contributed by atoms with Crippen LogP contribution in [0.1, 0.15) is 30.4 Å². The van der Waals surface area contributed by atoms with Crippen molar-refractivity contribution in [2.45, 2.75) is 31.7 Å². The van der Waals surface area contributed by atoms with E-state index >= 15 is 0 Å². The predicted octanol–water partition coefficient (Wildman–Crippen LogP) is 3.33. The number of nitrogens with one attached hydrogen (secondary N) is 1. The summed E-state index contributed by atoms with van der Waals surface area (Å²) >= 11 is 5.84. The number of amides is 1. The van der Waals surface area contributed by atoms with E-state index in [1.54, 1.807) is 0 Å². The van der Waals surface area contributed by atoms with Crippen molar-refractivity contribution >= 4 is 17.5 Å². The Bertz CT molecular complexity index is 528. The molecule has 4 atom stereocenters. The molecule has 4 rings (SSSR count). The Morgan fingerprint density at radius 3 is 2.60 bits per heavy atom. The standard InChI is InChI=1S/C17H20ClNO/c18-8-10-2-1-3-11(6-10)9-19-17(20)16-14-12-4-5-13(7-12)15(14)16/h1-3,6,12-16H,4-5,7-9H2,(H,19,20). The summed E-state index contributed by atoms with van der Waals surface area (Å²) in [6, 6.07) is 8.14. The van der Waals surface area contributed by atoms with Crippen LogP contribution in [0.5, 0.6) is 0 Å². The quantitative estimate of drug-likeness (QED) is 0.847. The molecule has 3 aliphatic rings. The van der Waals surface area contributed by atoms with Gasteiger partial charge in [0.05, 0.1) is 0 Å². The maximum absolute atomic E-state index is 12.3. The first-order valence-electron chi connectivity index (χ1n) is 7.69. The maximum atomic E-state index is 12.3. The van der Waals surface area contributed by atoms with Crippen molar-refractivity contribution in [2.24, 2.45) is 29.6 Å². The van der Waals surface area contributed by atoms with Crippen molar-refractivity contribution in [1.82, 2.24) is 5.32 Å². The summed E-state index contributed by atoms with van der Waals surface area (Å²) in [6.45, 7) is 0.634. The topological polar surface area (TPSA) is 29.1 Å². The highest BCUT2D eigenvalue weighted by Crippen LogP contribution is 2.69. The van der Waals surface area contributed by atoms with Crippen LogP contribution in [0.4, 0.5) is 0 Å². The van der Waals surface area contributed by atoms with Crippen LogP contribution in [0.25, 0.3) is 0 Å². The number of alkyl halides is 1. The molecule has 1 aromatic carbocycles. The number of carbonyl (C=O) groups excluding carboxylic acids is 1. The lowest BCUT2D eigenvalue weighted by atomic mass is 10.0. The van der Waals surface area contributed by atoms with Crippen molar-refractivity contribution in [1.29, 1.82) is 0 Å². The second-order valence-electron chi connectivity index (χ2n) is 6.69. The molecule has 3 saturated carbocycles. The number of hydrogen-bond acceptors (Lipinski definition) is 1. The van der Waals surface area contributed by atoms with E-state index in [0.717, 1.165) is 34.8 Å². The summed E-state index contributed by atoms with van der Waals surface area (Å²) in [7, 11) is 0. The van der Waals surface area contributed by atoms with Crippen LogP contribution in [0, 0.1) is 29.6 Å². The highest BCUT2D eigenvalue weighted by atomic mass is 35.5. The molecule has 1 amide bonds. The Kier molecular flexibility index (Phi) is 3.03. The minimum atomic E-state index is 0.285. The predicted molar refractivity (Wildman–Crippen MR) is 79.1 cm³/mol. The second-order valence-corrected chi connectivity index (χ2v) is 6.95. The van der Waals surface area contributed by atoms with Gasteiger partial charge >= 0.3 is 0 Å². The molecule has 3 heteroatoms. The van der Waals surface area contributed by atoms with E-state index in [4.69, 9.17) is 11.6 Å². The SMILES string of the molecule is O=C(NCc1cccc(CCl)c1)C1C2C3CCC(C3)C12. The van der Waals surface area contributed by atoms with Gasteiger partial charge in [0.25, 0.3) is 0 Å². The third-order valence-electron chi connectivity index (χ3n) is 5.65. The third-order valence-corrected chi connectivity index (χ3v) is 5.96. The molecule has 0 heterocycles. The van der Waals surface area contributed by atoms with Gasteiger partial charge in [-0.15, -0.1) is 11.6 Å². The number of rotatable bonds is 4. The maximum Gasteiger partial charge on any atom is 0.223 e. The molecule has 4 unspecified atom stereocenters. The highest BCUT2D eigenvalue weighted by Gasteiger charge is 2.67. The van der Waals surface area contributed by atoms with Crippen LogP contribution < -0.4 is 5.32 Å². The Morgan fingerprint density at radius 2 is 1.90 bits per heavy atom. The van der Waals surface area contributed by atoms with E-state index in [-0.39, 0.29) is 5.91 Å². The number of benzene rings is 1. The molecule has 1 N–H and O–H groups in total. The normalized spacial score (nSPS) is 36.8. The van der Waals surface area contributed by atoms with Gasteiger partial charge in [-0.25, -0.2) is 0 Å². The lowest BCUT2D eigenvalue weighted by Crippen LogP contribution is -2.27. The summed E-state index contributed by atoms with van der Waals surface area (Å²) in [4.78, 5) is 12.3. The molecule has 106 valence electrons. The molecule has 0 spiro atoms. The minimum absolute atomic E-state index is 0.285. The Morgan fingerprint density at radius 1 is 1.20 bits per heavy atom. The first-order valence-corrected chi connectivity index (χ1v) is 8.23. The summed E-state index contributed by atoms with van der Waals surface area (Å²) < 4.78 is 0. The number of halogens is 1. The van der Waals surface area contributed by atoms with Crippen LogP contribution in [-0.4, -0.2) is 5.91 Å². The van der Waals surface area contributed by atoms with Gasteiger partial charge < -0.3 is 5.32 Å². The van der Waals surface area contributed by atoms with Crippen LogP contribution in [-0.2, 0) is 17.2 Å². The first-order chi connectivity index (χ1) is 9.78. The molecule has 0 aromatic heterocycles. The zero-order chi connectivity index (χ0) is 13.7. The average Bonchev–Trinajstić information content (AvgIpc) is 2.93. The average molecular weight is 290 g/mol. The second kappa shape index (κ2) is 4.77. The van der Waals surface area contributed by atoms with Crippen LogP contribution in [0.2, 0.25) is 0 Å². The summed E-state index contributed by atoms with van der Waals surface area (Å²) in [5.41, 5.74) is 2.25. The summed E-state index contributed by atoms with van der Waals surface area (Å²) in [5.74, 6) is 4.31. The monoisotopic (exact) mass is 289 g/mol. The van der Waals surface area contributed by atoms with E-state index in [2.05, 4.69) is 11.4 Å². The third kappa shape index (κ3) is 1.96. The van der Waals surface area contributed by atoms with Gasteiger partial charge in [0, 0.05) is 18.3 Å². The number of hydrogen-bond donors (Lipinski definition) is 1. The summed E-state index contributed by atoms with van der Waals surface area (Å²) in [6.07, 6.45) is 4.14. The van der Waals surface area contributed by atoms with E-state index in [1.807, 2.05) is 18.2 Å². The molecule has 2 nitrogen and oxygen atoms in total. The zero-order valence-corrected chi connectivity index (χ0v) is 12.3. The summed E-state index contributed by atoms with van der Waals surface area (Å²) in [5, 5.41) is 3.13. The molecule has 0 saturated heterocycles. The lowest BCUT2D eigenvalue weighted by Gasteiger charge is -2.10. The van der Waals surface area contributed by atoms with Gasteiger partial charge in [-0.2, -0.15) is 0 Å². The van der Waals surface area contributed by atoms with E-state index < -0.39 is 0 Å². The Labute approximate surface area is 124 Å². The van der Waals surface area contributed by atoms with Gasteiger partial charge in [-0.05, 0) is 54.1 Å². The van der Waals surface area contributed by atoms with Crippen molar-refractivity contribution in [3.63, 3.8) is 0 Å². The highest BCUT2D eigenvalue weighted by molar-refractivity contribution is 6.17. The van der Waals surface area contributed by atoms with Gasteiger partial charge in [-0.1, -0.05) is 24.3 Å². The van der Waals surface area contributed by atoms with Gasteiger partial charge in [0.15, 0.2) is 0 Å². The smallest absolute Gasteiger partial charge is 0.223 e. The molecule has 3 aliphatic carbocycles. The molecular formula is C17H20ClNO. The largest absolute Gasteiger partial charge is 0.352 e. The van der Waals surface area contributed by atoms with Crippen molar-refractivity contribution < 1.29 is 4.79 Å². The fourth-order valence-electron chi connectivity index (χ4n) is 4.81. The van der Waals surface area contributed by atoms with Crippen molar-refractivity contribution in [3.8, 4) is 0 Å². The minimum Gasteiger partial charge on any atom is -0.352 e. The fourth-order valence-corrected chi connectivity index (χ4v) is 4.97. The van der Waals surface area contributed by atoms with E-state index in [0.29, 0.717) is 18.3 Å². The lowest BCUT2D eigenvalue weighted by molar-refractivity contribution is -0.123. The molecule has 0 aliphatic heterocycles. The molecular weight excluding hydrogens is 270 g/mol. The van der Waals surface area contributed by atoms with Crippen LogP contribution in [0.15, 0.2) is 24.3 Å². The van der Waals surface area contributed by atoms with Gasteiger partial charge in [0.1, 0.15) is 0 Å². The Hall–Kier alpha value is -1.02.